The van der Waals surface area contributed by atoms with Crippen LogP contribution < -0.4 is 5.32 Å². The van der Waals surface area contributed by atoms with E-state index in [9.17, 15) is 18.7 Å². The summed E-state index contributed by atoms with van der Waals surface area (Å²) in [6.07, 6.45) is -1.21. The summed E-state index contributed by atoms with van der Waals surface area (Å²) in [5.41, 5.74) is 0.909. The van der Waals surface area contributed by atoms with Crippen LogP contribution in [0.5, 0.6) is 0 Å². The van der Waals surface area contributed by atoms with E-state index in [2.05, 4.69) is 5.32 Å². The van der Waals surface area contributed by atoms with Crippen molar-refractivity contribution in [1.82, 2.24) is 0 Å². The van der Waals surface area contributed by atoms with Gasteiger partial charge in [-0.15, -0.1) is 0 Å². The van der Waals surface area contributed by atoms with Crippen molar-refractivity contribution >= 4 is 11.6 Å². The average Bonchev–Trinajstić information content (AvgIpc) is 2.79. The number of aliphatic hydroxyl groups excluding tert-OH is 1. The molecule has 2 aromatic rings. The second-order valence-electron chi connectivity index (χ2n) is 4.69. The van der Waals surface area contributed by atoms with Gasteiger partial charge in [-0.05, 0) is 23.3 Å². The van der Waals surface area contributed by atoms with E-state index in [1.165, 1.54) is 24.3 Å². The summed E-state index contributed by atoms with van der Waals surface area (Å²) in [4.78, 5) is 11.3. The molecule has 102 valence electrons. The zero-order valence-electron chi connectivity index (χ0n) is 10.4. The third kappa shape index (κ3) is 2.06. The van der Waals surface area contributed by atoms with Gasteiger partial charge in [-0.1, -0.05) is 24.3 Å². The number of benzene rings is 2. The van der Waals surface area contributed by atoms with Crippen molar-refractivity contribution in [2.24, 2.45) is 0 Å². The zero-order chi connectivity index (χ0) is 14.3. The summed E-state index contributed by atoms with van der Waals surface area (Å²) >= 11 is 0. The maximum Gasteiger partial charge on any atom is 0.228 e. The second-order valence-corrected chi connectivity index (χ2v) is 4.69. The van der Waals surface area contributed by atoms with E-state index in [-0.39, 0.29) is 29.1 Å². The average molecular weight is 275 g/mol. The smallest absolute Gasteiger partial charge is 0.228 e. The van der Waals surface area contributed by atoms with E-state index in [1.807, 2.05) is 0 Å². The minimum atomic E-state index is -1.27. The summed E-state index contributed by atoms with van der Waals surface area (Å²) in [6, 6.07) is 8.41. The Balaban J connectivity index is 2.04. The Kier molecular flexibility index (Phi) is 2.99. The van der Waals surface area contributed by atoms with Crippen molar-refractivity contribution in [3.8, 4) is 0 Å². The molecule has 1 atom stereocenters. The normalized spacial score (nSPS) is 14.8. The molecule has 5 heteroatoms. The summed E-state index contributed by atoms with van der Waals surface area (Å²) in [7, 11) is 0. The molecule has 2 aromatic carbocycles. The fourth-order valence-corrected chi connectivity index (χ4v) is 2.36. The topological polar surface area (TPSA) is 49.3 Å². The number of hydrogen-bond donors (Lipinski definition) is 2. The van der Waals surface area contributed by atoms with Crippen LogP contribution in [-0.4, -0.2) is 11.0 Å². The van der Waals surface area contributed by atoms with Crippen LogP contribution in [0.4, 0.5) is 14.5 Å². The van der Waals surface area contributed by atoms with Crippen LogP contribution >= 0.6 is 0 Å². The van der Waals surface area contributed by atoms with Gasteiger partial charge < -0.3 is 10.4 Å². The van der Waals surface area contributed by atoms with Gasteiger partial charge in [0.2, 0.25) is 5.91 Å². The van der Waals surface area contributed by atoms with Gasteiger partial charge in [-0.3, -0.25) is 4.79 Å². The zero-order valence-corrected chi connectivity index (χ0v) is 10.4. The Labute approximate surface area is 113 Å². The Morgan fingerprint density at radius 1 is 1.15 bits per heavy atom. The summed E-state index contributed by atoms with van der Waals surface area (Å²) in [5, 5.41) is 12.6. The molecule has 0 saturated heterocycles. The van der Waals surface area contributed by atoms with Gasteiger partial charge in [0.15, 0.2) is 0 Å². The molecule has 1 aliphatic rings. The molecule has 0 fully saturated rings. The Hall–Kier alpha value is -2.27. The Bertz CT molecular complexity index is 700. The van der Waals surface area contributed by atoms with Crippen molar-refractivity contribution in [3.05, 3.63) is 64.7 Å². The lowest BCUT2D eigenvalue weighted by atomic mass is 9.98. The fraction of sp³-hybridized carbons (Fsp3) is 0.133. The third-order valence-electron chi connectivity index (χ3n) is 3.33. The van der Waals surface area contributed by atoms with Gasteiger partial charge in [-0.25, -0.2) is 8.78 Å². The number of amides is 1. The quantitative estimate of drug-likeness (QED) is 0.885. The van der Waals surface area contributed by atoms with Crippen molar-refractivity contribution < 1.29 is 18.7 Å². The van der Waals surface area contributed by atoms with Crippen LogP contribution in [-0.2, 0) is 11.2 Å². The van der Waals surface area contributed by atoms with E-state index in [4.69, 9.17) is 0 Å². The molecule has 0 aliphatic carbocycles. The van der Waals surface area contributed by atoms with Gasteiger partial charge in [0.25, 0.3) is 0 Å². The Morgan fingerprint density at radius 2 is 1.90 bits per heavy atom. The number of nitrogens with one attached hydrogen (secondary N) is 1. The highest BCUT2D eigenvalue weighted by atomic mass is 19.1. The molecule has 2 N–H and O–H groups in total. The standard InChI is InChI=1S/C15H11F2NO2/c16-11-4-2-1-3-10(11)15(20)9-5-8-7-13(19)18-14(8)12(17)6-9/h1-6,15,20H,7H2,(H,18,19). The third-order valence-corrected chi connectivity index (χ3v) is 3.33. The largest absolute Gasteiger partial charge is 0.384 e. The first-order valence-corrected chi connectivity index (χ1v) is 6.11. The number of rotatable bonds is 2. The molecular weight excluding hydrogens is 264 g/mol. The number of fused-ring (bicyclic) bond motifs is 1. The maximum absolute atomic E-state index is 13.9. The van der Waals surface area contributed by atoms with E-state index >= 15 is 0 Å². The lowest BCUT2D eigenvalue weighted by molar-refractivity contribution is -0.115. The molecule has 0 spiro atoms. The van der Waals surface area contributed by atoms with Crippen LogP contribution in [0.25, 0.3) is 0 Å². The minimum absolute atomic E-state index is 0.0596. The van der Waals surface area contributed by atoms with Crippen LogP contribution in [0.3, 0.4) is 0 Å². The molecule has 0 aromatic heterocycles. The number of halogens is 2. The number of hydrogen-bond acceptors (Lipinski definition) is 2. The van der Waals surface area contributed by atoms with Gasteiger partial charge in [0, 0.05) is 5.56 Å². The molecule has 0 radical (unpaired) electrons. The molecule has 0 saturated carbocycles. The van der Waals surface area contributed by atoms with E-state index in [0.29, 0.717) is 5.56 Å². The van der Waals surface area contributed by atoms with Gasteiger partial charge in [-0.2, -0.15) is 0 Å². The highest BCUT2D eigenvalue weighted by Gasteiger charge is 2.24. The van der Waals surface area contributed by atoms with Crippen LogP contribution in [0.2, 0.25) is 0 Å². The van der Waals surface area contributed by atoms with Crippen molar-refractivity contribution in [2.75, 3.05) is 5.32 Å². The van der Waals surface area contributed by atoms with E-state index < -0.39 is 17.7 Å². The maximum atomic E-state index is 13.9. The highest BCUT2D eigenvalue weighted by molar-refractivity contribution is 5.99. The summed E-state index contributed by atoms with van der Waals surface area (Å²) in [6.45, 7) is 0. The van der Waals surface area contributed by atoms with E-state index in [0.717, 1.165) is 6.07 Å². The molecule has 1 unspecified atom stereocenters. The number of carbonyl (C=O) groups excluding carboxylic acids is 1. The number of aliphatic hydroxyl groups is 1. The minimum Gasteiger partial charge on any atom is -0.384 e. The predicted molar refractivity (Wildman–Crippen MR) is 69.2 cm³/mol. The number of carbonyl (C=O) groups is 1. The lowest BCUT2D eigenvalue weighted by Gasteiger charge is -2.14. The van der Waals surface area contributed by atoms with Gasteiger partial charge >= 0.3 is 0 Å². The molecule has 3 rings (SSSR count). The molecule has 0 bridgehead atoms. The molecule has 1 aliphatic heterocycles. The van der Waals surface area contributed by atoms with Crippen LogP contribution in [0, 0.1) is 11.6 Å². The van der Waals surface area contributed by atoms with Crippen LogP contribution in [0.1, 0.15) is 22.8 Å². The first kappa shape index (κ1) is 12.7. The molecular formula is C15H11F2NO2. The molecule has 1 amide bonds. The van der Waals surface area contributed by atoms with Crippen molar-refractivity contribution in [1.29, 1.82) is 0 Å². The first-order chi connectivity index (χ1) is 9.56. The predicted octanol–water partition coefficient (Wildman–Crippen LogP) is 2.54. The van der Waals surface area contributed by atoms with Crippen molar-refractivity contribution in [2.45, 2.75) is 12.5 Å². The molecule has 1 heterocycles. The van der Waals surface area contributed by atoms with E-state index in [1.54, 1.807) is 6.07 Å². The SMILES string of the molecule is O=C1Cc2cc(C(O)c3ccccc3F)cc(F)c2N1. The summed E-state index contributed by atoms with van der Waals surface area (Å²) in [5.74, 6) is -1.48. The number of anilines is 1. The first-order valence-electron chi connectivity index (χ1n) is 6.11. The fourth-order valence-electron chi connectivity index (χ4n) is 2.36. The van der Waals surface area contributed by atoms with Crippen LogP contribution in [0.15, 0.2) is 36.4 Å². The highest BCUT2D eigenvalue weighted by Crippen LogP contribution is 2.32. The molecule has 20 heavy (non-hydrogen) atoms. The van der Waals surface area contributed by atoms with Gasteiger partial charge in [0.05, 0.1) is 12.1 Å². The lowest BCUT2D eigenvalue weighted by Crippen LogP contribution is -2.05. The Morgan fingerprint density at radius 3 is 2.65 bits per heavy atom. The monoisotopic (exact) mass is 275 g/mol. The second kappa shape index (κ2) is 4.68. The molecule has 3 nitrogen and oxygen atoms in total. The van der Waals surface area contributed by atoms with Crippen molar-refractivity contribution in [3.63, 3.8) is 0 Å². The van der Waals surface area contributed by atoms with Gasteiger partial charge in [0.1, 0.15) is 17.7 Å². The summed E-state index contributed by atoms with van der Waals surface area (Å²) < 4.78 is 27.5.